The fourth-order valence-corrected chi connectivity index (χ4v) is 2.29. The number of likely N-dealkylation sites (tertiary alicyclic amines) is 1. The lowest BCUT2D eigenvalue weighted by atomic mass is 9.84. The van der Waals surface area contributed by atoms with Crippen molar-refractivity contribution in [2.24, 2.45) is 17.1 Å². The fraction of sp³-hybridized carbons (Fsp3) is 0.923. The van der Waals surface area contributed by atoms with Crippen LogP contribution in [0.3, 0.4) is 0 Å². The summed E-state index contributed by atoms with van der Waals surface area (Å²) in [6.45, 7) is 8.09. The Hall–Kier alpha value is -0.610. The Bertz CT molecular complexity index is 264. The molecule has 3 unspecified atom stereocenters. The first-order valence-corrected chi connectivity index (χ1v) is 6.50. The molecule has 1 rings (SSSR count). The molecule has 0 bridgehead atoms. The summed E-state index contributed by atoms with van der Waals surface area (Å²) in [5.74, 6) is 0.700. The zero-order valence-electron chi connectivity index (χ0n) is 11.5. The molecule has 1 aliphatic heterocycles. The SMILES string of the molecule is CCC(C)(CN)C(=O)N1CCC(C)C(OC)C1. The minimum atomic E-state index is -0.418. The van der Waals surface area contributed by atoms with E-state index >= 15 is 0 Å². The van der Waals surface area contributed by atoms with E-state index in [1.807, 2.05) is 18.7 Å². The molecule has 1 saturated heterocycles. The third kappa shape index (κ3) is 2.99. The summed E-state index contributed by atoms with van der Waals surface area (Å²) in [7, 11) is 1.72. The maximum atomic E-state index is 12.4. The molecule has 4 heteroatoms. The lowest BCUT2D eigenvalue weighted by molar-refractivity contribution is -0.146. The number of methoxy groups -OCH3 is 1. The Morgan fingerprint density at radius 2 is 2.24 bits per heavy atom. The second-order valence-corrected chi connectivity index (χ2v) is 5.41. The highest BCUT2D eigenvalue weighted by Crippen LogP contribution is 2.27. The molecular formula is C13H26N2O2. The van der Waals surface area contributed by atoms with Crippen molar-refractivity contribution in [3.05, 3.63) is 0 Å². The number of hydrogen-bond donors (Lipinski definition) is 1. The van der Waals surface area contributed by atoms with Crippen LogP contribution in [-0.4, -0.2) is 43.7 Å². The van der Waals surface area contributed by atoms with Crippen molar-refractivity contribution >= 4 is 5.91 Å². The largest absolute Gasteiger partial charge is 0.379 e. The normalized spacial score (nSPS) is 28.9. The van der Waals surface area contributed by atoms with Crippen LogP contribution in [0.25, 0.3) is 0 Å². The smallest absolute Gasteiger partial charge is 0.229 e. The summed E-state index contributed by atoms with van der Waals surface area (Å²) < 4.78 is 5.44. The van der Waals surface area contributed by atoms with Gasteiger partial charge in [0.05, 0.1) is 11.5 Å². The van der Waals surface area contributed by atoms with Crippen LogP contribution in [0.1, 0.15) is 33.6 Å². The van der Waals surface area contributed by atoms with Gasteiger partial charge in [0.1, 0.15) is 0 Å². The minimum Gasteiger partial charge on any atom is -0.379 e. The van der Waals surface area contributed by atoms with Gasteiger partial charge in [-0.2, -0.15) is 0 Å². The molecule has 1 fully saturated rings. The van der Waals surface area contributed by atoms with Crippen LogP contribution < -0.4 is 5.73 Å². The van der Waals surface area contributed by atoms with Crippen LogP contribution in [0, 0.1) is 11.3 Å². The van der Waals surface area contributed by atoms with Crippen LogP contribution in [-0.2, 0) is 9.53 Å². The Balaban J connectivity index is 2.70. The maximum Gasteiger partial charge on any atom is 0.229 e. The standard InChI is InChI=1S/C13H26N2O2/c1-5-13(3,9-14)12(16)15-7-6-10(2)11(8-15)17-4/h10-11H,5-9,14H2,1-4H3. The van der Waals surface area contributed by atoms with Gasteiger partial charge in [0.25, 0.3) is 0 Å². The Morgan fingerprint density at radius 1 is 1.59 bits per heavy atom. The van der Waals surface area contributed by atoms with Crippen molar-refractivity contribution < 1.29 is 9.53 Å². The molecule has 0 aromatic carbocycles. The molecule has 0 saturated carbocycles. The van der Waals surface area contributed by atoms with E-state index in [1.54, 1.807) is 7.11 Å². The highest BCUT2D eigenvalue weighted by molar-refractivity contribution is 5.82. The van der Waals surface area contributed by atoms with Crippen LogP contribution >= 0.6 is 0 Å². The summed E-state index contributed by atoms with van der Waals surface area (Å²) in [5, 5.41) is 0. The topological polar surface area (TPSA) is 55.6 Å². The van der Waals surface area contributed by atoms with E-state index in [0.29, 0.717) is 19.0 Å². The van der Waals surface area contributed by atoms with Gasteiger partial charge in [-0.1, -0.05) is 13.8 Å². The number of piperidine rings is 1. The molecule has 0 aromatic rings. The number of ether oxygens (including phenoxy) is 1. The van der Waals surface area contributed by atoms with Crippen LogP contribution in [0.5, 0.6) is 0 Å². The van der Waals surface area contributed by atoms with Crippen molar-refractivity contribution in [3.8, 4) is 0 Å². The molecule has 4 nitrogen and oxygen atoms in total. The molecule has 1 aliphatic rings. The lowest BCUT2D eigenvalue weighted by Crippen LogP contribution is -2.52. The summed E-state index contributed by atoms with van der Waals surface area (Å²) in [5.41, 5.74) is 5.32. The van der Waals surface area contributed by atoms with Gasteiger partial charge in [-0.25, -0.2) is 0 Å². The molecule has 17 heavy (non-hydrogen) atoms. The number of carbonyl (C=O) groups excluding carboxylic acids is 1. The zero-order chi connectivity index (χ0) is 13.1. The quantitative estimate of drug-likeness (QED) is 0.807. The van der Waals surface area contributed by atoms with E-state index < -0.39 is 5.41 Å². The minimum absolute atomic E-state index is 0.159. The van der Waals surface area contributed by atoms with Crippen LogP contribution in [0.4, 0.5) is 0 Å². The van der Waals surface area contributed by atoms with Gasteiger partial charge < -0.3 is 15.4 Å². The van der Waals surface area contributed by atoms with E-state index in [2.05, 4.69) is 6.92 Å². The molecule has 1 amide bonds. The molecule has 3 atom stereocenters. The van der Waals surface area contributed by atoms with Crippen molar-refractivity contribution in [1.29, 1.82) is 0 Å². The predicted molar refractivity (Wildman–Crippen MR) is 68.6 cm³/mol. The number of hydrogen-bond acceptors (Lipinski definition) is 3. The second kappa shape index (κ2) is 5.83. The summed E-state index contributed by atoms with van der Waals surface area (Å²) in [6, 6.07) is 0. The molecule has 1 heterocycles. The highest BCUT2D eigenvalue weighted by Gasteiger charge is 2.37. The Morgan fingerprint density at radius 3 is 2.71 bits per heavy atom. The molecule has 0 aromatic heterocycles. The first kappa shape index (κ1) is 14.5. The van der Waals surface area contributed by atoms with Gasteiger partial charge in [-0.3, -0.25) is 4.79 Å². The van der Waals surface area contributed by atoms with E-state index in [0.717, 1.165) is 19.4 Å². The summed E-state index contributed by atoms with van der Waals surface area (Å²) in [4.78, 5) is 14.4. The number of rotatable bonds is 4. The van der Waals surface area contributed by atoms with Crippen LogP contribution in [0.15, 0.2) is 0 Å². The van der Waals surface area contributed by atoms with Crippen molar-refractivity contribution in [3.63, 3.8) is 0 Å². The van der Waals surface area contributed by atoms with Gasteiger partial charge in [0, 0.05) is 26.7 Å². The number of nitrogens with zero attached hydrogens (tertiary/aromatic N) is 1. The Kier molecular flexibility index (Phi) is 4.95. The average Bonchev–Trinajstić information content (AvgIpc) is 2.37. The van der Waals surface area contributed by atoms with Gasteiger partial charge in [0.15, 0.2) is 0 Å². The summed E-state index contributed by atoms with van der Waals surface area (Å²) in [6.07, 6.45) is 1.95. The lowest BCUT2D eigenvalue weighted by Gasteiger charge is -2.40. The van der Waals surface area contributed by atoms with Crippen molar-refractivity contribution in [1.82, 2.24) is 4.90 Å². The third-order valence-electron chi connectivity index (χ3n) is 4.23. The molecule has 2 N–H and O–H groups in total. The molecule has 0 spiro atoms. The fourth-order valence-electron chi connectivity index (χ4n) is 2.29. The molecule has 100 valence electrons. The third-order valence-corrected chi connectivity index (χ3v) is 4.23. The Labute approximate surface area is 104 Å². The molecular weight excluding hydrogens is 216 g/mol. The monoisotopic (exact) mass is 242 g/mol. The molecule has 0 radical (unpaired) electrons. The van der Waals surface area contributed by atoms with Gasteiger partial charge in [0.2, 0.25) is 5.91 Å². The summed E-state index contributed by atoms with van der Waals surface area (Å²) >= 11 is 0. The molecule has 0 aliphatic carbocycles. The van der Waals surface area contributed by atoms with E-state index in [4.69, 9.17) is 10.5 Å². The van der Waals surface area contributed by atoms with Gasteiger partial charge >= 0.3 is 0 Å². The zero-order valence-corrected chi connectivity index (χ0v) is 11.5. The van der Waals surface area contributed by atoms with Gasteiger partial charge in [-0.15, -0.1) is 0 Å². The average molecular weight is 242 g/mol. The van der Waals surface area contributed by atoms with E-state index in [-0.39, 0.29) is 12.0 Å². The maximum absolute atomic E-state index is 12.4. The predicted octanol–water partition coefficient (Wildman–Crippen LogP) is 1.24. The van der Waals surface area contributed by atoms with Gasteiger partial charge in [-0.05, 0) is 25.7 Å². The van der Waals surface area contributed by atoms with Crippen molar-refractivity contribution in [2.75, 3.05) is 26.7 Å². The number of amides is 1. The van der Waals surface area contributed by atoms with E-state index in [1.165, 1.54) is 0 Å². The number of nitrogens with two attached hydrogens (primary N) is 1. The first-order valence-electron chi connectivity index (χ1n) is 6.50. The first-order chi connectivity index (χ1) is 7.98. The van der Waals surface area contributed by atoms with E-state index in [9.17, 15) is 4.79 Å². The highest BCUT2D eigenvalue weighted by atomic mass is 16.5. The number of carbonyl (C=O) groups is 1. The van der Waals surface area contributed by atoms with Crippen LogP contribution in [0.2, 0.25) is 0 Å². The second-order valence-electron chi connectivity index (χ2n) is 5.41. The van der Waals surface area contributed by atoms with Crippen molar-refractivity contribution in [2.45, 2.75) is 39.7 Å².